The lowest BCUT2D eigenvalue weighted by Crippen LogP contribution is -2.47. The minimum Gasteiger partial charge on any atom is -0.479 e. The third-order valence-electron chi connectivity index (χ3n) is 3.41. The van der Waals surface area contributed by atoms with Gasteiger partial charge in [-0.1, -0.05) is 38.9 Å². The summed E-state index contributed by atoms with van der Waals surface area (Å²) in [4.78, 5) is 7.69. The van der Waals surface area contributed by atoms with E-state index in [1.54, 1.807) is 6.20 Å². The standard InChI is InChI=1S/C10H19N3OSi/c1-4-15(5-2,6-3)8-7-12-10(14)13-9(8)11/h7H,4-6H2,1-3H3,(H3,11,12,13,14). The average Bonchev–Trinajstić information content (AvgIpc) is 2.23. The largest absolute Gasteiger partial charge is 0.479 e. The fourth-order valence-electron chi connectivity index (χ4n) is 2.12. The molecule has 1 aromatic rings. The third-order valence-corrected chi connectivity index (χ3v) is 9.00. The summed E-state index contributed by atoms with van der Waals surface area (Å²) in [7, 11) is -1.52. The highest BCUT2D eigenvalue weighted by Gasteiger charge is 2.32. The van der Waals surface area contributed by atoms with Crippen LogP contribution in [0.2, 0.25) is 18.1 Å². The molecule has 0 bridgehead atoms. The summed E-state index contributed by atoms with van der Waals surface area (Å²) in [6, 6.07) is 3.18. The first-order valence-electron chi connectivity index (χ1n) is 5.41. The summed E-state index contributed by atoms with van der Waals surface area (Å²) in [5.74, 6) is 0.458. The quantitative estimate of drug-likeness (QED) is 0.761. The molecule has 0 spiro atoms. The molecule has 15 heavy (non-hydrogen) atoms. The first kappa shape index (κ1) is 12.0. The Morgan fingerprint density at radius 3 is 2.20 bits per heavy atom. The molecule has 0 aliphatic heterocycles. The summed E-state index contributed by atoms with van der Waals surface area (Å²) < 4.78 is 0. The predicted molar refractivity (Wildman–Crippen MR) is 64.9 cm³/mol. The van der Waals surface area contributed by atoms with E-state index in [1.165, 1.54) is 0 Å². The smallest absolute Gasteiger partial charge is 0.315 e. The minimum absolute atomic E-state index is 0.234. The first-order valence-corrected chi connectivity index (χ1v) is 8.03. The molecule has 0 unspecified atom stereocenters. The number of aromatic nitrogens is 2. The molecule has 0 saturated heterocycles. The predicted octanol–water partition coefficient (Wildman–Crippen LogP) is 1.48. The highest BCUT2D eigenvalue weighted by Crippen LogP contribution is 2.22. The summed E-state index contributed by atoms with van der Waals surface area (Å²) in [5.41, 5.74) is 5.86. The molecule has 5 heteroatoms. The van der Waals surface area contributed by atoms with Crippen LogP contribution in [0.15, 0.2) is 6.20 Å². The van der Waals surface area contributed by atoms with Crippen molar-refractivity contribution < 1.29 is 5.11 Å². The Kier molecular flexibility index (Phi) is 3.68. The molecular weight excluding hydrogens is 206 g/mol. The van der Waals surface area contributed by atoms with Gasteiger partial charge in [-0.15, -0.1) is 0 Å². The number of rotatable bonds is 4. The second-order valence-corrected chi connectivity index (χ2v) is 9.03. The van der Waals surface area contributed by atoms with Crippen molar-refractivity contribution in [3.8, 4) is 6.01 Å². The van der Waals surface area contributed by atoms with Crippen molar-refractivity contribution in [1.29, 1.82) is 0 Å². The summed E-state index contributed by atoms with van der Waals surface area (Å²) in [6.45, 7) is 6.60. The van der Waals surface area contributed by atoms with Gasteiger partial charge in [0.1, 0.15) is 5.82 Å². The lowest BCUT2D eigenvalue weighted by atomic mass is 10.6. The van der Waals surface area contributed by atoms with Crippen molar-refractivity contribution >= 4 is 19.1 Å². The van der Waals surface area contributed by atoms with Gasteiger partial charge >= 0.3 is 6.01 Å². The summed E-state index contributed by atoms with van der Waals surface area (Å²) in [5, 5.41) is 10.2. The zero-order valence-electron chi connectivity index (χ0n) is 9.62. The van der Waals surface area contributed by atoms with E-state index in [2.05, 4.69) is 30.7 Å². The van der Waals surface area contributed by atoms with Crippen LogP contribution in [0, 0.1) is 0 Å². The fraction of sp³-hybridized carbons (Fsp3) is 0.600. The summed E-state index contributed by atoms with van der Waals surface area (Å²) in [6.07, 6.45) is 1.71. The van der Waals surface area contributed by atoms with E-state index in [9.17, 15) is 0 Å². The molecule has 0 aliphatic carbocycles. The molecule has 4 nitrogen and oxygen atoms in total. The van der Waals surface area contributed by atoms with Crippen LogP contribution in [0.25, 0.3) is 0 Å². The zero-order chi connectivity index (χ0) is 11.5. The molecule has 0 fully saturated rings. The highest BCUT2D eigenvalue weighted by atomic mass is 28.3. The average molecular weight is 225 g/mol. The van der Waals surface area contributed by atoms with E-state index in [-0.39, 0.29) is 6.01 Å². The molecule has 1 rings (SSSR count). The molecule has 0 radical (unpaired) electrons. The van der Waals surface area contributed by atoms with Crippen LogP contribution in [0.4, 0.5) is 5.82 Å². The van der Waals surface area contributed by atoms with Gasteiger partial charge in [0.25, 0.3) is 0 Å². The van der Waals surface area contributed by atoms with E-state index in [1.807, 2.05) is 0 Å². The van der Waals surface area contributed by atoms with Gasteiger partial charge in [0.15, 0.2) is 0 Å². The van der Waals surface area contributed by atoms with Gasteiger partial charge in [0, 0.05) is 11.4 Å². The maximum absolute atomic E-state index is 9.13. The maximum atomic E-state index is 9.13. The van der Waals surface area contributed by atoms with Crippen molar-refractivity contribution in [3.05, 3.63) is 6.20 Å². The minimum atomic E-state index is -1.52. The van der Waals surface area contributed by atoms with Gasteiger partial charge in [0.05, 0.1) is 8.07 Å². The van der Waals surface area contributed by atoms with E-state index in [4.69, 9.17) is 10.8 Å². The van der Waals surface area contributed by atoms with E-state index < -0.39 is 8.07 Å². The van der Waals surface area contributed by atoms with Gasteiger partial charge in [-0.2, -0.15) is 4.98 Å². The van der Waals surface area contributed by atoms with E-state index in [0.717, 1.165) is 23.3 Å². The van der Waals surface area contributed by atoms with Crippen LogP contribution < -0.4 is 10.9 Å². The van der Waals surface area contributed by atoms with Gasteiger partial charge in [0.2, 0.25) is 0 Å². The Hall–Kier alpha value is -1.10. The molecule has 0 aliphatic rings. The van der Waals surface area contributed by atoms with Crippen LogP contribution in [0.1, 0.15) is 20.8 Å². The number of nitrogen functional groups attached to an aromatic ring is 1. The third kappa shape index (κ3) is 2.12. The van der Waals surface area contributed by atoms with Crippen molar-refractivity contribution in [2.45, 2.75) is 38.9 Å². The first-order chi connectivity index (χ1) is 7.09. The molecule has 0 amide bonds. The van der Waals surface area contributed by atoms with E-state index in [0.29, 0.717) is 5.82 Å². The Morgan fingerprint density at radius 1 is 1.27 bits per heavy atom. The van der Waals surface area contributed by atoms with Gasteiger partial charge in [-0.05, 0) is 0 Å². The number of nitrogens with zero attached hydrogens (tertiary/aromatic N) is 2. The maximum Gasteiger partial charge on any atom is 0.315 e. The SMILES string of the molecule is CC[Si](CC)(CC)c1cnc(O)nc1N. The highest BCUT2D eigenvalue weighted by molar-refractivity contribution is 6.92. The normalized spacial score (nSPS) is 11.7. The lowest BCUT2D eigenvalue weighted by molar-refractivity contribution is 0.432. The van der Waals surface area contributed by atoms with Crippen LogP contribution in [0.3, 0.4) is 0 Å². The number of aromatic hydroxyl groups is 1. The fourth-order valence-corrected chi connectivity index (χ4v) is 5.70. The van der Waals surface area contributed by atoms with Gasteiger partial charge < -0.3 is 10.8 Å². The Balaban J connectivity index is 3.22. The molecule has 0 saturated carbocycles. The van der Waals surface area contributed by atoms with Crippen molar-refractivity contribution in [2.75, 3.05) is 5.73 Å². The topological polar surface area (TPSA) is 72.0 Å². The summed E-state index contributed by atoms with van der Waals surface area (Å²) >= 11 is 0. The monoisotopic (exact) mass is 225 g/mol. The molecule has 1 heterocycles. The molecule has 1 aromatic heterocycles. The van der Waals surface area contributed by atoms with Crippen LogP contribution >= 0.6 is 0 Å². The van der Waals surface area contributed by atoms with Crippen molar-refractivity contribution in [3.63, 3.8) is 0 Å². The van der Waals surface area contributed by atoms with E-state index >= 15 is 0 Å². The van der Waals surface area contributed by atoms with Crippen LogP contribution in [-0.2, 0) is 0 Å². The molecule has 3 N–H and O–H groups in total. The van der Waals surface area contributed by atoms with Gasteiger partial charge in [-0.3, -0.25) is 0 Å². The second kappa shape index (κ2) is 4.61. The van der Waals surface area contributed by atoms with Gasteiger partial charge in [-0.25, -0.2) is 4.98 Å². The Morgan fingerprint density at radius 2 is 1.80 bits per heavy atom. The molecule has 0 aromatic carbocycles. The van der Waals surface area contributed by atoms with Crippen LogP contribution in [-0.4, -0.2) is 23.1 Å². The molecule has 84 valence electrons. The lowest BCUT2D eigenvalue weighted by Gasteiger charge is -2.28. The number of nitrogens with two attached hydrogens (primary N) is 1. The Bertz CT molecular complexity index is 331. The number of hydrogen-bond donors (Lipinski definition) is 2. The van der Waals surface area contributed by atoms with Crippen LogP contribution in [0.5, 0.6) is 6.01 Å². The number of anilines is 1. The van der Waals surface area contributed by atoms with Crippen molar-refractivity contribution in [1.82, 2.24) is 9.97 Å². The zero-order valence-corrected chi connectivity index (χ0v) is 10.6. The second-order valence-electron chi connectivity index (χ2n) is 3.81. The molecule has 0 atom stereocenters. The Labute approximate surface area is 91.6 Å². The van der Waals surface area contributed by atoms with Crippen molar-refractivity contribution in [2.24, 2.45) is 0 Å². The molecular formula is C10H19N3OSi. The number of hydrogen-bond acceptors (Lipinski definition) is 4.